The third-order valence-corrected chi connectivity index (χ3v) is 4.42. The van der Waals surface area contributed by atoms with Gasteiger partial charge in [-0.25, -0.2) is 0 Å². The molecule has 3 rings (SSSR count). The van der Waals surface area contributed by atoms with E-state index >= 15 is 0 Å². The van der Waals surface area contributed by atoms with Gasteiger partial charge in [-0.05, 0) is 39.3 Å². The summed E-state index contributed by atoms with van der Waals surface area (Å²) >= 11 is 0. The average Bonchev–Trinajstić information content (AvgIpc) is 3.08. The number of amides is 1. The smallest absolute Gasteiger partial charge is 0.257 e. The second-order valence-electron chi connectivity index (χ2n) is 5.70. The zero-order valence-electron chi connectivity index (χ0n) is 11.6. The van der Waals surface area contributed by atoms with Gasteiger partial charge in [-0.1, -0.05) is 6.42 Å². The first-order chi connectivity index (χ1) is 9.25. The molecule has 0 bridgehead atoms. The van der Waals surface area contributed by atoms with Gasteiger partial charge in [0, 0.05) is 24.8 Å². The second-order valence-corrected chi connectivity index (χ2v) is 5.70. The first-order valence-electron chi connectivity index (χ1n) is 7.29. The van der Waals surface area contributed by atoms with E-state index < -0.39 is 0 Å². The number of aromatic amines is 1. The number of aryl methyl sites for hydroxylation is 1. The summed E-state index contributed by atoms with van der Waals surface area (Å²) in [6.07, 6.45) is 6.74. The number of nitrogens with zero attached hydrogens (tertiary/aromatic N) is 3. The molecule has 1 aromatic rings. The Morgan fingerprint density at radius 2 is 2.11 bits per heavy atom. The summed E-state index contributed by atoms with van der Waals surface area (Å²) in [6, 6.07) is 0.566. The highest BCUT2D eigenvalue weighted by Gasteiger charge is 2.32. The fraction of sp³-hybridized carbons (Fsp3) is 0.714. The third-order valence-electron chi connectivity index (χ3n) is 4.42. The lowest BCUT2D eigenvalue weighted by molar-refractivity contribution is 0.0771. The van der Waals surface area contributed by atoms with Crippen molar-refractivity contribution in [1.29, 1.82) is 0 Å². The molecule has 2 saturated heterocycles. The van der Waals surface area contributed by atoms with Crippen LogP contribution >= 0.6 is 0 Å². The topological polar surface area (TPSA) is 52.2 Å². The molecule has 2 aliphatic rings. The van der Waals surface area contributed by atoms with Crippen LogP contribution in [0, 0.1) is 6.92 Å². The molecule has 3 heterocycles. The highest BCUT2D eigenvalue weighted by Crippen LogP contribution is 2.21. The summed E-state index contributed by atoms with van der Waals surface area (Å²) in [7, 11) is 0. The van der Waals surface area contributed by atoms with E-state index in [0.717, 1.165) is 30.8 Å². The van der Waals surface area contributed by atoms with Gasteiger partial charge in [0.1, 0.15) is 0 Å². The van der Waals surface area contributed by atoms with Gasteiger partial charge < -0.3 is 4.90 Å². The third kappa shape index (κ3) is 2.52. The first-order valence-corrected chi connectivity index (χ1v) is 7.29. The predicted octanol–water partition coefficient (Wildman–Crippen LogP) is 1.42. The van der Waals surface area contributed by atoms with Gasteiger partial charge in [0.05, 0.1) is 11.8 Å². The normalized spacial score (nSPS) is 24.9. The summed E-state index contributed by atoms with van der Waals surface area (Å²) in [5.74, 6) is 0.130. The van der Waals surface area contributed by atoms with Crippen LogP contribution in [0.3, 0.4) is 0 Å². The Morgan fingerprint density at radius 1 is 1.32 bits per heavy atom. The zero-order valence-corrected chi connectivity index (χ0v) is 11.6. The molecule has 1 unspecified atom stereocenters. The molecule has 19 heavy (non-hydrogen) atoms. The number of carbonyl (C=O) groups excluding carboxylic acids is 1. The van der Waals surface area contributed by atoms with E-state index in [4.69, 9.17) is 0 Å². The van der Waals surface area contributed by atoms with Crippen LogP contribution in [0.2, 0.25) is 0 Å². The van der Waals surface area contributed by atoms with Crippen LogP contribution < -0.4 is 0 Å². The van der Waals surface area contributed by atoms with Crippen molar-refractivity contribution < 1.29 is 4.79 Å². The minimum atomic E-state index is 0.130. The number of aromatic nitrogens is 2. The number of piperidine rings is 1. The molecule has 5 heteroatoms. The highest BCUT2D eigenvalue weighted by atomic mass is 16.2. The van der Waals surface area contributed by atoms with Crippen LogP contribution in [0.4, 0.5) is 0 Å². The Balaban J connectivity index is 1.62. The maximum atomic E-state index is 12.4. The zero-order chi connectivity index (χ0) is 13.2. The fourth-order valence-electron chi connectivity index (χ4n) is 3.24. The van der Waals surface area contributed by atoms with Crippen molar-refractivity contribution in [3.05, 3.63) is 17.5 Å². The molecule has 104 valence electrons. The van der Waals surface area contributed by atoms with Crippen LogP contribution in [0.5, 0.6) is 0 Å². The molecule has 0 radical (unpaired) electrons. The molecule has 0 aliphatic carbocycles. The first kappa shape index (κ1) is 12.7. The number of hydrogen-bond acceptors (Lipinski definition) is 3. The van der Waals surface area contributed by atoms with Gasteiger partial charge in [-0.3, -0.25) is 14.8 Å². The van der Waals surface area contributed by atoms with E-state index in [-0.39, 0.29) is 5.91 Å². The summed E-state index contributed by atoms with van der Waals surface area (Å²) in [4.78, 5) is 17.0. The Morgan fingerprint density at radius 3 is 2.79 bits per heavy atom. The van der Waals surface area contributed by atoms with Crippen molar-refractivity contribution in [2.45, 2.75) is 38.6 Å². The number of likely N-dealkylation sites (tertiary alicyclic amines) is 2. The SMILES string of the molecule is Cc1[nH]ncc1C(=O)N1CCC(N2CCCCC2)C1. The number of H-pyrrole nitrogens is 1. The van der Waals surface area contributed by atoms with Crippen molar-refractivity contribution >= 4 is 5.91 Å². The van der Waals surface area contributed by atoms with Crippen LogP contribution in [0.15, 0.2) is 6.20 Å². The molecule has 0 aromatic carbocycles. The Hall–Kier alpha value is -1.36. The molecule has 2 fully saturated rings. The summed E-state index contributed by atoms with van der Waals surface area (Å²) < 4.78 is 0. The molecule has 1 amide bonds. The van der Waals surface area contributed by atoms with E-state index in [2.05, 4.69) is 15.1 Å². The van der Waals surface area contributed by atoms with Gasteiger partial charge in [0.2, 0.25) is 0 Å². The molecule has 0 saturated carbocycles. The van der Waals surface area contributed by atoms with E-state index in [9.17, 15) is 4.79 Å². The van der Waals surface area contributed by atoms with Crippen molar-refractivity contribution in [2.24, 2.45) is 0 Å². The van der Waals surface area contributed by atoms with Gasteiger partial charge in [-0.2, -0.15) is 5.10 Å². The van der Waals surface area contributed by atoms with E-state index in [1.807, 2.05) is 11.8 Å². The average molecular weight is 262 g/mol. The van der Waals surface area contributed by atoms with E-state index in [1.54, 1.807) is 6.20 Å². The fourth-order valence-corrected chi connectivity index (χ4v) is 3.24. The molecular formula is C14H22N4O. The molecule has 1 N–H and O–H groups in total. The summed E-state index contributed by atoms with van der Waals surface area (Å²) in [5, 5.41) is 6.78. The molecule has 1 atom stereocenters. The predicted molar refractivity (Wildman–Crippen MR) is 73.1 cm³/mol. The van der Waals surface area contributed by atoms with Crippen molar-refractivity contribution in [2.75, 3.05) is 26.2 Å². The molecular weight excluding hydrogens is 240 g/mol. The molecule has 0 spiro atoms. The van der Waals surface area contributed by atoms with Gasteiger partial charge in [-0.15, -0.1) is 0 Å². The van der Waals surface area contributed by atoms with Gasteiger partial charge in [0.25, 0.3) is 5.91 Å². The van der Waals surface area contributed by atoms with E-state index in [0.29, 0.717) is 6.04 Å². The minimum absolute atomic E-state index is 0.130. The summed E-state index contributed by atoms with van der Waals surface area (Å²) in [6.45, 7) is 6.07. The van der Waals surface area contributed by atoms with Crippen LogP contribution in [-0.4, -0.2) is 58.1 Å². The van der Waals surface area contributed by atoms with Gasteiger partial charge >= 0.3 is 0 Å². The maximum absolute atomic E-state index is 12.4. The van der Waals surface area contributed by atoms with Crippen LogP contribution in [0.25, 0.3) is 0 Å². The minimum Gasteiger partial charge on any atom is -0.337 e. The summed E-state index contributed by atoms with van der Waals surface area (Å²) in [5.41, 5.74) is 1.59. The number of rotatable bonds is 2. The lowest BCUT2D eigenvalue weighted by Gasteiger charge is -2.32. The lowest BCUT2D eigenvalue weighted by atomic mass is 10.1. The van der Waals surface area contributed by atoms with Crippen molar-refractivity contribution in [1.82, 2.24) is 20.0 Å². The quantitative estimate of drug-likeness (QED) is 0.877. The number of hydrogen-bond donors (Lipinski definition) is 1. The Bertz CT molecular complexity index is 450. The largest absolute Gasteiger partial charge is 0.337 e. The number of nitrogens with one attached hydrogen (secondary N) is 1. The second kappa shape index (κ2) is 5.33. The van der Waals surface area contributed by atoms with Crippen LogP contribution in [-0.2, 0) is 0 Å². The lowest BCUT2D eigenvalue weighted by Crippen LogP contribution is -2.41. The molecule has 2 aliphatic heterocycles. The van der Waals surface area contributed by atoms with Crippen molar-refractivity contribution in [3.63, 3.8) is 0 Å². The highest BCUT2D eigenvalue weighted by molar-refractivity contribution is 5.95. The maximum Gasteiger partial charge on any atom is 0.257 e. The van der Waals surface area contributed by atoms with E-state index in [1.165, 1.54) is 32.4 Å². The molecule has 1 aromatic heterocycles. The van der Waals surface area contributed by atoms with Crippen molar-refractivity contribution in [3.8, 4) is 0 Å². The monoisotopic (exact) mass is 262 g/mol. The Labute approximate surface area is 114 Å². The van der Waals surface area contributed by atoms with Crippen LogP contribution in [0.1, 0.15) is 41.7 Å². The van der Waals surface area contributed by atoms with Gasteiger partial charge in [0.15, 0.2) is 0 Å². The number of carbonyl (C=O) groups is 1. The Kier molecular flexibility index (Phi) is 3.55. The standard InChI is InChI=1S/C14H22N4O/c1-11-13(9-15-16-11)14(19)18-8-5-12(10-18)17-6-3-2-4-7-17/h9,12H,2-8,10H2,1H3,(H,15,16). The molecule has 5 nitrogen and oxygen atoms in total.